The number of hydrogen-bond acceptors (Lipinski definition) is 7. The van der Waals surface area contributed by atoms with Crippen molar-refractivity contribution >= 4 is 11.7 Å². The number of nitroso groups, excluding NO2 is 1. The average Bonchev–Trinajstić information content (AvgIpc) is 2.82. The molecule has 2 aliphatic heterocycles. The number of allylic oxidation sites excluding steroid dienone is 3. The molecule has 0 bridgehead atoms. The van der Waals surface area contributed by atoms with Crippen molar-refractivity contribution in [1.29, 1.82) is 0 Å². The summed E-state index contributed by atoms with van der Waals surface area (Å²) in [7, 11) is 0. The van der Waals surface area contributed by atoms with E-state index in [2.05, 4.69) is 5.18 Å². The van der Waals surface area contributed by atoms with E-state index in [1.807, 2.05) is 0 Å². The maximum absolute atomic E-state index is 12.7. The number of anilines is 1. The largest absolute Gasteiger partial charge is 0.508 e. The third kappa shape index (κ3) is 2.07. The molecule has 1 atom stereocenters. The van der Waals surface area contributed by atoms with E-state index in [1.165, 1.54) is 18.2 Å². The second-order valence-corrected chi connectivity index (χ2v) is 6.77. The third-order valence-electron chi connectivity index (χ3n) is 5.17. The van der Waals surface area contributed by atoms with Gasteiger partial charge in [0.05, 0.1) is 5.56 Å². The van der Waals surface area contributed by atoms with E-state index in [0.29, 0.717) is 45.9 Å². The first-order valence-corrected chi connectivity index (χ1v) is 8.63. The van der Waals surface area contributed by atoms with Gasteiger partial charge in [0, 0.05) is 34.5 Å². The number of ether oxygens (including phenoxy) is 2. The molecule has 1 aliphatic carbocycles. The minimum Gasteiger partial charge on any atom is -0.508 e. The van der Waals surface area contributed by atoms with Crippen LogP contribution in [0.2, 0.25) is 0 Å². The van der Waals surface area contributed by atoms with E-state index in [4.69, 9.17) is 15.2 Å². The zero-order valence-corrected chi connectivity index (χ0v) is 14.5. The van der Waals surface area contributed by atoms with E-state index in [1.54, 1.807) is 36.4 Å². The predicted molar refractivity (Wildman–Crippen MR) is 100 cm³/mol. The van der Waals surface area contributed by atoms with Gasteiger partial charge >= 0.3 is 5.97 Å². The lowest BCUT2D eigenvalue weighted by Gasteiger charge is -2.37. The smallest absolute Gasteiger partial charge is 0.340 e. The summed E-state index contributed by atoms with van der Waals surface area (Å²) in [5.74, 6) is 0.194. The first-order valence-electron chi connectivity index (χ1n) is 8.63. The van der Waals surface area contributed by atoms with Gasteiger partial charge in [-0.05, 0) is 48.0 Å². The fourth-order valence-electron chi connectivity index (χ4n) is 4.00. The number of carbonyl (C=O) groups is 1. The van der Waals surface area contributed by atoms with E-state index < -0.39 is 11.6 Å². The second kappa shape index (κ2) is 5.56. The Labute approximate surface area is 159 Å². The molecule has 1 spiro atoms. The predicted octanol–water partition coefficient (Wildman–Crippen LogP) is 3.65. The number of nitrogens with zero attached hydrogens (tertiary/aromatic N) is 1. The Balaban J connectivity index is 1.88. The summed E-state index contributed by atoms with van der Waals surface area (Å²) in [5.41, 5.74) is 7.66. The number of phenolic OH excluding ortho intramolecular Hbond substituents is 1. The molecule has 0 radical (unpaired) electrons. The van der Waals surface area contributed by atoms with Gasteiger partial charge in [0.1, 0.15) is 23.0 Å². The van der Waals surface area contributed by atoms with Crippen molar-refractivity contribution in [1.82, 2.24) is 0 Å². The van der Waals surface area contributed by atoms with Crippen molar-refractivity contribution in [2.24, 2.45) is 5.18 Å². The van der Waals surface area contributed by atoms with Gasteiger partial charge in [-0.1, -0.05) is 6.08 Å². The molecule has 0 saturated heterocycles. The molecule has 28 heavy (non-hydrogen) atoms. The van der Waals surface area contributed by atoms with Gasteiger partial charge in [-0.15, -0.1) is 4.91 Å². The molecule has 2 aromatic rings. The lowest BCUT2D eigenvalue weighted by molar-refractivity contribution is 0.0197. The van der Waals surface area contributed by atoms with Gasteiger partial charge < -0.3 is 20.3 Å². The number of benzene rings is 2. The molecular formula is C21H14N2O5. The van der Waals surface area contributed by atoms with E-state index in [-0.39, 0.29) is 11.4 Å². The van der Waals surface area contributed by atoms with Crippen LogP contribution in [0.25, 0.3) is 0 Å². The van der Waals surface area contributed by atoms with Crippen LogP contribution >= 0.6 is 0 Å². The maximum Gasteiger partial charge on any atom is 0.340 e. The Morgan fingerprint density at radius 3 is 2.82 bits per heavy atom. The van der Waals surface area contributed by atoms with Crippen LogP contribution in [0.15, 0.2) is 76.8 Å². The topological polar surface area (TPSA) is 111 Å². The molecule has 7 nitrogen and oxygen atoms in total. The molecule has 0 fully saturated rings. The number of phenols is 1. The Morgan fingerprint density at radius 2 is 2.00 bits per heavy atom. The van der Waals surface area contributed by atoms with Gasteiger partial charge in [-0.3, -0.25) is 0 Å². The van der Waals surface area contributed by atoms with Crippen molar-refractivity contribution in [3.8, 4) is 11.5 Å². The summed E-state index contributed by atoms with van der Waals surface area (Å²) < 4.78 is 12.0. The standard InChI is InChI=1S/C21H14N2O5/c22-11-4-6-14-17(8-11)21(28-20(14)25)15-3-1-2-12(23-26)9-18(15)27-19-10-13(24)5-7-16(19)21/h1-2,4-10,24H,3,22H2. The van der Waals surface area contributed by atoms with Crippen LogP contribution in [-0.4, -0.2) is 11.1 Å². The van der Waals surface area contributed by atoms with E-state index in [9.17, 15) is 14.8 Å². The van der Waals surface area contributed by atoms with Gasteiger partial charge in [0.15, 0.2) is 5.60 Å². The first-order chi connectivity index (χ1) is 13.5. The molecule has 0 aromatic heterocycles. The highest BCUT2D eigenvalue weighted by Crippen LogP contribution is 2.55. The number of aromatic hydroxyl groups is 1. The molecule has 0 amide bonds. The van der Waals surface area contributed by atoms with Crippen LogP contribution in [0.4, 0.5) is 5.69 Å². The SMILES string of the molecule is Nc1ccc2c(c1)C1(OC2=O)C2=C(C=C(N=O)C=CC2)Oc2cc(O)ccc21. The van der Waals surface area contributed by atoms with Crippen LogP contribution in [0.3, 0.4) is 0 Å². The number of nitrogen functional groups attached to an aromatic ring is 1. The average molecular weight is 374 g/mol. The van der Waals surface area contributed by atoms with Crippen molar-refractivity contribution in [3.63, 3.8) is 0 Å². The molecule has 138 valence electrons. The van der Waals surface area contributed by atoms with Crippen molar-refractivity contribution in [2.75, 3.05) is 5.73 Å². The number of esters is 1. The van der Waals surface area contributed by atoms with Gasteiger partial charge in [0.2, 0.25) is 0 Å². The molecule has 2 heterocycles. The van der Waals surface area contributed by atoms with E-state index >= 15 is 0 Å². The second-order valence-electron chi connectivity index (χ2n) is 6.77. The summed E-state index contributed by atoms with van der Waals surface area (Å²) in [6.45, 7) is 0. The van der Waals surface area contributed by atoms with Crippen LogP contribution in [0.5, 0.6) is 11.5 Å². The minimum absolute atomic E-state index is 0.000431. The monoisotopic (exact) mass is 374 g/mol. The van der Waals surface area contributed by atoms with Crippen LogP contribution < -0.4 is 10.5 Å². The molecule has 3 aliphatic rings. The van der Waals surface area contributed by atoms with Crippen LogP contribution in [0.1, 0.15) is 27.9 Å². The lowest BCUT2D eigenvalue weighted by atomic mass is 9.76. The van der Waals surface area contributed by atoms with Crippen LogP contribution in [-0.2, 0) is 10.3 Å². The molecular weight excluding hydrogens is 360 g/mol. The van der Waals surface area contributed by atoms with Gasteiger partial charge in [-0.25, -0.2) is 4.79 Å². The highest BCUT2D eigenvalue weighted by Gasteiger charge is 2.54. The minimum atomic E-state index is -1.27. The van der Waals surface area contributed by atoms with Crippen LogP contribution in [0, 0.1) is 4.91 Å². The lowest BCUT2D eigenvalue weighted by Crippen LogP contribution is -2.35. The molecule has 1 unspecified atom stereocenters. The van der Waals surface area contributed by atoms with Crippen molar-refractivity contribution < 1.29 is 19.4 Å². The highest BCUT2D eigenvalue weighted by atomic mass is 16.6. The first kappa shape index (κ1) is 16.3. The zero-order chi connectivity index (χ0) is 19.5. The fraction of sp³-hybridized carbons (Fsp3) is 0.0952. The quantitative estimate of drug-likeness (QED) is 0.448. The summed E-state index contributed by atoms with van der Waals surface area (Å²) in [6, 6.07) is 9.61. The zero-order valence-electron chi connectivity index (χ0n) is 14.5. The highest BCUT2D eigenvalue weighted by molar-refractivity contribution is 5.97. The number of hydrogen-bond donors (Lipinski definition) is 2. The fourth-order valence-corrected chi connectivity index (χ4v) is 4.00. The maximum atomic E-state index is 12.7. The number of carbonyl (C=O) groups excluding carboxylic acids is 1. The Hall–Kier alpha value is -3.87. The Morgan fingerprint density at radius 1 is 1.14 bits per heavy atom. The number of nitrogens with two attached hydrogens (primary N) is 1. The molecule has 5 rings (SSSR count). The summed E-state index contributed by atoms with van der Waals surface area (Å²) in [4.78, 5) is 23.8. The molecule has 0 saturated carbocycles. The number of rotatable bonds is 1. The molecule has 2 aromatic carbocycles. The summed E-state index contributed by atoms with van der Waals surface area (Å²) in [6.07, 6.45) is 5.22. The Kier molecular flexibility index (Phi) is 3.24. The molecule has 7 heteroatoms. The number of fused-ring (bicyclic) bond motifs is 5. The normalized spacial score (nSPS) is 21.9. The van der Waals surface area contributed by atoms with Crippen molar-refractivity contribution in [3.05, 3.63) is 93.3 Å². The molecule has 3 N–H and O–H groups in total. The van der Waals surface area contributed by atoms with Gasteiger partial charge in [-0.2, -0.15) is 0 Å². The van der Waals surface area contributed by atoms with Crippen molar-refractivity contribution in [2.45, 2.75) is 12.0 Å². The van der Waals surface area contributed by atoms with E-state index in [0.717, 1.165) is 0 Å². The summed E-state index contributed by atoms with van der Waals surface area (Å²) >= 11 is 0. The summed E-state index contributed by atoms with van der Waals surface area (Å²) in [5, 5.41) is 12.9. The third-order valence-corrected chi connectivity index (χ3v) is 5.17. The van der Waals surface area contributed by atoms with Gasteiger partial charge in [0.25, 0.3) is 0 Å². The Bertz CT molecular complexity index is 1160.